The number of pyridine rings is 2. The summed E-state index contributed by atoms with van der Waals surface area (Å²) in [6, 6.07) is 8.14. The molecule has 0 saturated carbocycles. The van der Waals surface area contributed by atoms with Crippen molar-refractivity contribution in [2.24, 2.45) is 0 Å². The van der Waals surface area contributed by atoms with Gasteiger partial charge in [-0.3, -0.25) is 9.97 Å². The van der Waals surface area contributed by atoms with Crippen LogP contribution in [0.15, 0.2) is 42.9 Å². The molecule has 0 bridgehead atoms. The van der Waals surface area contributed by atoms with Gasteiger partial charge in [0.1, 0.15) is 0 Å². The Morgan fingerprint density at radius 3 is 2.63 bits per heavy atom. The molecular formula is C15H18N4. The first kappa shape index (κ1) is 12.1. The number of hydrogen-bond donors (Lipinski definition) is 0. The maximum Gasteiger partial charge on any atom is 0.0718 e. The normalized spacial score (nSPS) is 16.6. The summed E-state index contributed by atoms with van der Waals surface area (Å²) < 4.78 is 0. The van der Waals surface area contributed by atoms with Crippen molar-refractivity contribution < 1.29 is 0 Å². The standard InChI is InChI=1S/C15H18N4/c1-18-6-8-19(9-7-18)14-10-13(11-16-12-14)15-4-2-3-5-17-15/h2-5,10-12H,6-9H2,1H3. The number of rotatable bonds is 2. The Bertz CT molecular complexity index is 533. The highest BCUT2D eigenvalue weighted by Crippen LogP contribution is 2.22. The maximum atomic E-state index is 4.38. The van der Waals surface area contributed by atoms with E-state index in [1.54, 1.807) is 0 Å². The van der Waals surface area contributed by atoms with Crippen LogP contribution in [-0.2, 0) is 0 Å². The molecule has 4 heteroatoms. The molecule has 2 aromatic rings. The Labute approximate surface area is 113 Å². The minimum absolute atomic E-state index is 0.978. The molecule has 3 heterocycles. The lowest BCUT2D eigenvalue weighted by Crippen LogP contribution is -2.44. The third-order valence-electron chi connectivity index (χ3n) is 3.55. The summed E-state index contributed by atoms with van der Waals surface area (Å²) in [5, 5.41) is 0. The lowest BCUT2D eigenvalue weighted by molar-refractivity contribution is 0.313. The zero-order chi connectivity index (χ0) is 13.1. The van der Waals surface area contributed by atoms with Crippen LogP contribution in [0.3, 0.4) is 0 Å². The molecule has 0 N–H and O–H groups in total. The Morgan fingerprint density at radius 1 is 1.05 bits per heavy atom. The molecule has 1 fully saturated rings. The van der Waals surface area contributed by atoms with Gasteiger partial charge in [0.15, 0.2) is 0 Å². The van der Waals surface area contributed by atoms with Crippen LogP contribution in [0.5, 0.6) is 0 Å². The molecule has 4 nitrogen and oxygen atoms in total. The van der Waals surface area contributed by atoms with Gasteiger partial charge in [-0.15, -0.1) is 0 Å². The number of piperazine rings is 1. The zero-order valence-electron chi connectivity index (χ0n) is 11.2. The van der Waals surface area contributed by atoms with Gasteiger partial charge in [-0.2, -0.15) is 0 Å². The summed E-state index contributed by atoms with van der Waals surface area (Å²) >= 11 is 0. The monoisotopic (exact) mass is 254 g/mol. The van der Waals surface area contributed by atoms with Crippen LogP contribution >= 0.6 is 0 Å². The molecule has 98 valence electrons. The van der Waals surface area contributed by atoms with Gasteiger partial charge in [-0.05, 0) is 25.2 Å². The van der Waals surface area contributed by atoms with E-state index in [1.165, 1.54) is 5.69 Å². The van der Waals surface area contributed by atoms with Crippen molar-refractivity contribution in [2.75, 3.05) is 38.1 Å². The van der Waals surface area contributed by atoms with Crippen molar-refractivity contribution in [3.63, 3.8) is 0 Å². The van der Waals surface area contributed by atoms with Gasteiger partial charge in [0.25, 0.3) is 0 Å². The van der Waals surface area contributed by atoms with E-state index < -0.39 is 0 Å². The molecule has 1 aliphatic heterocycles. The number of hydrogen-bond acceptors (Lipinski definition) is 4. The second-order valence-corrected chi connectivity index (χ2v) is 4.94. The number of aromatic nitrogens is 2. The summed E-state index contributed by atoms with van der Waals surface area (Å²) in [7, 11) is 2.17. The van der Waals surface area contributed by atoms with Gasteiger partial charge in [0, 0.05) is 44.1 Å². The third-order valence-corrected chi connectivity index (χ3v) is 3.55. The number of anilines is 1. The number of likely N-dealkylation sites (N-methyl/N-ethyl adjacent to an activating group) is 1. The van der Waals surface area contributed by atoms with Crippen LogP contribution < -0.4 is 4.90 Å². The molecule has 0 atom stereocenters. The predicted molar refractivity (Wildman–Crippen MR) is 77.2 cm³/mol. The van der Waals surface area contributed by atoms with Gasteiger partial charge >= 0.3 is 0 Å². The van der Waals surface area contributed by atoms with Crippen LogP contribution in [0, 0.1) is 0 Å². The lowest BCUT2D eigenvalue weighted by Gasteiger charge is -2.33. The summed E-state index contributed by atoms with van der Waals surface area (Å²) in [6.45, 7) is 4.33. The van der Waals surface area contributed by atoms with Gasteiger partial charge in [-0.1, -0.05) is 6.07 Å². The van der Waals surface area contributed by atoms with E-state index in [4.69, 9.17) is 0 Å². The molecule has 0 radical (unpaired) electrons. The van der Waals surface area contributed by atoms with E-state index in [2.05, 4.69) is 32.9 Å². The van der Waals surface area contributed by atoms with E-state index in [1.807, 2.05) is 36.8 Å². The van der Waals surface area contributed by atoms with E-state index in [0.717, 1.165) is 37.4 Å². The van der Waals surface area contributed by atoms with Gasteiger partial charge in [0.05, 0.1) is 17.6 Å². The van der Waals surface area contributed by atoms with Crippen molar-refractivity contribution in [2.45, 2.75) is 0 Å². The SMILES string of the molecule is CN1CCN(c2cncc(-c3ccccn3)c2)CC1. The van der Waals surface area contributed by atoms with Gasteiger partial charge in [0.2, 0.25) is 0 Å². The molecular weight excluding hydrogens is 236 g/mol. The van der Waals surface area contributed by atoms with Crippen molar-refractivity contribution in [3.05, 3.63) is 42.9 Å². The first-order valence-corrected chi connectivity index (χ1v) is 6.63. The van der Waals surface area contributed by atoms with Crippen LogP contribution in [-0.4, -0.2) is 48.1 Å². The molecule has 2 aromatic heterocycles. The molecule has 0 amide bonds. The molecule has 0 aliphatic carbocycles. The van der Waals surface area contributed by atoms with Gasteiger partial charge < -0.3 is 9.80 Å². The van der Waals surface area contributed by atoms with Gasteiger partial charge in [-0.25, -0.2) is 0 Å². The maximum absolute atomic E-state index is 4.38. The summed E-state index contributed by atoms with van der Waals surface area (Å²) in [4.78, 5) is 13.5. The Hall–Kier alpha value is -1.94. The average Bonchev–Trinajstić information content (AvgIpc) is 2.49. The molecule has 1 aliphatic rings. The molecule has 0 spiro atoms. The summed E-state index contributed by atoms with van der Waals surface area (Å²) in [6.07, 6.45) is 5.64. The fraction of sp³-hybridized carbons (Fsp3) is 0.333. The largest absolute Gasteiger partial charge is 0.368 e. The van der Waals surface area contributed by atoms with E-state index in [9.17, 15) is 0 Å². The first-order valence-electron chi connectivity index (χ1n) is 6.63. The Morgan fingerprint density at radius 2 is 1.89 bits per heavy atom. The van der Waals surface area contributed by atoms with Crippen LogP contribution in [0.4, 0.5) is 5.69 Å². The molecule has 3 rings (SSSR count). The molecule has 0 aromatic carbocycles. The first-order chi connectivity index (χ1) is 9.33. The highest BCUT2D eigenvalue weighted by atomic mass is 15.2. The summed E-state index contributed by atoms with van der Waals surface area (Å²) in [5.74, 6) is 0. The van der Waals surface area contributed by atoms with E-state index >= 15 is 0 Å². The van der Waals surface area contributed by atoms with Crippen molar-refractivity contribution >= 4 is 5.69 Å². The van der Waals surface area contributed by atoms with Crippen LogP contribution in [0.1, 0.15) is 0 Å². The van der Waals surface area contributed by atoms with E-state index in [0.29, 0.717) is 0 Å². The second-order valence-electron chi connectivity index (χ2n) is 4.94. The summed E-state index contributed by atoms with van der Waals surface area (Å²) in [5.41, 5.74) is 3.25. The zero-order valence-corrected chi connectivity index (χ0v) is 11.2. The fourth-order valence-electron chi connectivity index (χ4n) is 2.34. The third kappa shape index (κ3) is 2.74. The minimum Gasteiger partial charge on any atom is -0.368 e. The molecule has 19 heavy (non-hydrogen) atoms. The van der Waals surface area contributed by atoms with Crippen LogP contribution in [0.25, 0.3) is 11.3 Å². The Kier molecular flexibility index (Phi) is 3.42. The quantitative estimate of drug-likeness (QED) is 0.819. The minimum atomic E-state index is 0.978. The topological polar surface area (TPSA) is 32.3 Å². The van der Waals surface area contributed by atoms with E-state index in [-0.39, 0.29) is 0 Å². The van der Waals surface area contributed by atoms with Crippen LogP contribution in [0.2, 0.25) is 0 Å². The van der Waals surface area contributed by atoms with Crippen molar-refractivity contribution in [1.29, 1.82) is 0 Å². The fourth-order valence-corrected chi connectivity index (χ4v) is 2.34. The second kappa shape index (κ2) is 5.36. The van der Waals surface area contributed by atoms with Crippen molar-refractivity contribution in [1.82, 2.24) is 14.9 Å². The smallest absolute Gasteiger partial charge is 0.0718 e. The Balaban J connectivity index is 1.84. The predicted octanol–water partition coefficient (Wildman–Crippen LogP) is 1.90. The molecule has 0 unspecified atom stereocenters. The van der Waals surface area contributed by atoms with Crippen molar-refractivity contribution in [3.8, 4) is 11.3 Å². The molecule has 1 saturated heterocycles. The number of nitrogens with zero attached hydrogens (tertiary/aromatic N) is 4. The highest BCUT2D eigenvalue weighted by Gasteiger charge is 2.15. The average molecular weight is 254 g/mol. The lowest BCUT2D eigenvalue weighted by atomic mass is 10.1. The highest BCUT2D eigenvalue weighted by molar-refractivity contribution is 5.63.